The zero-order chi connectivity index (χ0) is 9.14. The molecule has 1 amide bonds. The van der Waals surface area contributed by atoms with Gasteiger partial charge in [-0.25, -0.2) is 0 Å². The maximum atomic E-state index is 11.2. The number of hydrogen-bond acceptors (Lipinski definition) is 2. The second-order valence-electron chi connectivity index (χ2n) is 3.68. The lowest BCUT2D eigenvalue weighted by atomic mass is 10.3. The van der Waals surface area contributed by atoms with E-state index in [0.29, 0.717) is 0 Å². The van der Waals surface area contributed by atoms with Crippen LogP contribution in [0.4, 0.5) is 0 Å². The molecule has 0 bridgehead atoms. The quantitative estimate of drug-likeness (QED) is 0.624. The normalized spacial score (nSPS) is 26.9. The molecule has 1 aliphatic carbocycles. The van der Waals surface area contributed by atoms with Gasteiger partial charge in [0.2, 0.25) is 5.91 Å². The average Bonchev–Trinajstić information content (AvgIpc) is 2.67. The number of rotatable bonds is 4. The summed E-state index contributed by atoms with van der Waals surface area (Å²) >= 11 is 0. The van der Waals surface area contributed by atoms with Crippen LogP contribution in [0.3, 0.4) is 0 Å². The second kappa shape index (κ2) is 3.90. The van der Waals surface area contributed by atoms with Crippen LogP contribution in [-0.2, 0) is 9.53 Å². The fourth-order valence-electron chi connectivity index (χ4n) is 1.34. The molecule has 12 heavy (non-hydrogen) atoms. The molecular formula is C9H17NO2. The van der Waals surface area contributed by atoms with Gasteiger partial charge in [-0.15, -0.1) is 0 Å². The lowest BCUT2D eigenvalue weighted by Gasteiger charge is -2.16. The van der Waals surface area contributed by atoms with Crippen LogP contribution in [-0.4, -0.2) is 38.1 Å². The summed E-state index contributed by atoms with van der Waals surface area (Å²) in [4.78, 5) is 13.0. The van der Waals surface area contributed by atoms with E-state index in [1.165, 1.54) is 6.42 Å². The Morgan fingerprint density at radius 1 is 1.67 bits per heavy atom. The average molecular weight is 171 g/mol. The van der Waals surface area contributed by atoms with Gasteiger partial charge in [-0.2, -0.15) is 0 Å². The third-order valence-electron chi connectivity index (χ3n) is 2.48. The number of ether oxygens (including phenoxy) is 1. The number of carbonyl (C=O) groups is 1. The number of hydrogen-bond donors (Lipinski definition) is 0. The van der Waals surface area contributed by atoms with Crippen molar-refractivity contribution in [3.05, 3.63) is 0 Å². The Morgan fingerprint density at radius 3 is 2.67 bits per heavy atom. The van der Waals surface area contributed by atoms with Crippen LogP contribution < -0.4 is 0 Å². The first-order valence-corrected chi connectivity index (χ1v) is 4.38. The SMILES string of the molecule is COCC(=O)N(C)CC1CC1C. The molecule has 1 rings (SSSR count). The Balaban J connectivity index is 2.18. The minimum atomic E-state index is 0.0802. The van der Waals surface area contributed by atoms with E-state index in [-0.39, 0.29) is 12.5 Å². The van der Waals surface area contributed by atoms with E-state index in [1.54, 1.807) is 12.0 Å². The highest BCUT2D eigenvalue weighted by atomic mass is 16.5. The van der Waals surface area contributed by atoms with E-state index in [0.717, 1.165) is 18.4 Å². The smallest absolute Gasteiger partial charge is 0.248 e. The summed E-state index contributed by atoms with van der Waals surface area (Å²) in [5.74, 6) is 1.62. The van der Waals surface area contributed by atoms with Crippen LogP contribution in [0.25, 0.3) is 0 Å². The number of carbonyl (C=O) groups excluding carboxylic acids is 1. The van der Waals surface area contributed by atoms with Gasteiger partial charge in [0, 0.05) is 20.7 Å². The van der Waals surface area contributed by atoms with Gasteiger partial charge in [0.25, 0.3) is 0 Å². The molecule has 0 heterocycles. The Bertz CT molecular complexity index is 170. The summed E-state index contributed by atoms with van der Waals surface area (Å²) in [5, 5.41) is 0. The van der Waals surface area contributed by atoms with Crippen molar-refractivity contribution in [3.63, 3.8) is 0 Å². The van der Waals surface area contributed by atoms with E-state index < -0.39 is 0 Å². The summed E-state index contributed by atoms with van der Waals surface area (Å²) in [5.41, 5.74) is 0. The van der Waals surface area contributed by atoms with Crippen molar-refractivity contribution >= 4 is 5.91 Å². The molecule has 1 fully saturated rings. The summed E-state index contributed by atoms with van der Waals surface area (Å²) < 4.78 is 4.76. The highest BCUT2D eigenvalue weighted by Crippen LogP contribution is 2.37. The number of methoxy groups -OCH3 is 1. The zero-order valence-corrected chi connectivity index (χ0v) is 8.04. The molecule has 0 radical (unpaired) electrons. The highest BCUT2D eigenvalue weighted by Gasteiger charge is 2.33. The molecule has 70 valence electrons. The van der Waals surface area contributed by atoms with E-state index in [4.69, 9.17) is 4.74 Å². The van der Waals surface area contributed by atoms with E-state index >= 15 is 0 Å². The van der Waals surface area contributed by atoms with Crippen LogP contribution in [0, 0.1) is 11.8 Å². The van der Waals surface area contributed by atoms with Gasteiger partial charge in [0.1, 0.15) is 6.61 Å². The predicted molar refractivity (Wildman–Crippen MR) is 46.8 cm³/mol. The van der Waals surface area contributed by atoms with Crippen LogP contribution >= 0.6 is 0 Å². The Hall–Kier alpha value is -0.570. The predicted octanol–water partition coefficient (Wildman–Crippen LogP) is 0.747. The molecule has 0 aliphatic heterocycles. The van der Waals surface area contributed by atoms with E-state index in [9.17, 15) is 4.79 Å². The summed E-state index contributed by atoms with van der Waals surface area (Å²) in [7, 11) is 3.39. The van der Waals surface area contributed by atoms with Crippen LogP contribution in [0.2, 0.25) is 0 Å². The van der Waals surface area contributed by atoms with Crippen molar-refractivity contribution < 1.29 is 9.53 Å². The van der Waals surface area contributed by atoms with Gasteiger partial charge >= 0.3 is 0 Å². The van der Waals surface area contributed by atoms with E-state index in [2.05, 4.69) is 6.92 Å². The minimum Gasteiger partial charge on any atom is -0.375 e. The monoisotopic (exact) mass is 171 g/mol. The van der Waals surface area contributed by atoms with Crippen LogP contribution in [0.5, 0.6) is 0 Å². The van der Waals surface area contributed by atoms with Crippen LogP contribution in [0.1, 0.15) is 13.3 Å². The van der Waals surface area contributed by atoms with Crippen molar-refractivity contribution in [1.29, 1.82) is 0 Å². The van der Waals surface area contributed by atoms with Gasteiger partial charge in [-0.3, -0.25) is 4.79 Å². The van der Waals surface area contributed by atoms with Crippen molar-refractivity contribution in [3.8, 4) is 0 Å². The third kappa shape index (κ3) is 2.48. The molecule has 0 saturated heterocycles. The minimum absolute atomic E-state index is 0.0802. The fourth-order valence-corrected chi connectivity index (χ4v) is 1.34. The molecule has 0 spiro atoms. The molecule has 1 saturated carbocycles. The molecule has 3 nitrogen and oxygen atoms in total. The number of amides is 1. The van der Waals surface area contributed by atoms with E-state index in [1.807, 2.05) is 7.05 Å². The van der Waals surface area contributed by atoms with Crippen molar-refractivity contribution in [1.82, 2.24) is 4.90 Å². The molecule has 0 aromatic rings. The number of likely N-dealkylation sites (N-methyl/N-ethyl adjacent to an activating group) is 1. The van der Waals surface area contributed by atoms with Gasteiger partial charge in [-0.1, -0.05) is 6.92 Å². The van der Waals surface area contributed by atoms with Gasteiger partial charge in [0.15, 0.2) is 0 Å². The molecule has 0 aromatic carbocycles. The standard InChI is InChI=1S/C9H17NO2/c1-7-4-8(7)5-10(2)9(11)6-12-3/h7-8H,4-6H2,1-3H3. The van der Waals surface area contributed by atoms with Gasteiger partial charge in [0.05, 0.1) is 0 Å². The van der Waals surface area contributed by atoms with Gasteiger partial charge < -0.3 is 9.64 Å². The second-order valence-corrected chi connectivity index (χ2v) is 3.68. The molecule has 3 heteroatoms. The summed E-state index contributed by atoms with van der Waals surface area (Å²) in [6, 6.07) is 0. The van der Waals surface area contributed by atoms with Crippen LogP contribution in [0.15, 0.2) is 0 Å². The lowest BCUT2D eigenvalue weighted by Crippen LogP contribution is -2.31. The molecular weight excluding hydrogens is 154 g/mol. The summed E-state index contributed by atoms with van der Waals surface area (Å²) in [6.45, 7) is 3.32. The Labute approximate surface area is 73.7 Å². The first-order valence-electron chi connectivity index (χ1n) is 4.38. The molecule has 2 unspecified atom stereocenters. The van der Waals surface area contributed by atoms with Crippen molar-refractivity contribution in [2.75, 3.05) is 27.3 Å². The maximum Gasteiger partial charge on any atom is 0.248 e. The zero-order valence-electron chi connectivity index (χ0n) is 8.04. The largest absolute Gasteiger partial charge is 0.375 e. The first-order chi connectivity index (χ1) is 5.65. The molecule has 0 aromatic heterocycles. The highest BCUT2D eigenvalue weighted by molar-refractivity contribution is 5.77. The van der Waals surface area contributed by atoms with Crippen molar-refractivity contribution in [2.45, 2.75) is 13.3 Å². The fraction of sp³-hybridized carbons (Fsp3) is 0.889. The lowest BCUT2D eigenvalue weighted by molar-refractivity contribution is -0.134. The molecule has 0 N–H and O–H groups in total. The Kier molecular flexibility index (Phi) is 3.09. The Morgan fingerprint density at radius 2 is 2.25 bits per heavy atom. The first kappa shape index (κ1) is 9.52. The third-order valence-corrected chi connectivity index (χ3v) is 2.48. The number of nitrogens with zero attached hydrogens (tertiary/aromatic N) is 1. The maximum absolute atomic E-state index is 11.2. The molecule has 2 atom stereocenters. The van der Waals surface area contributed by atoms with Gasteiger partial charge in [-0.05, 0) is 18.3 Å². The van der Waals surface area contributed by atoms with Crippen molar-refractivity contribution in [2.24, 2.45) is 11.8 Å². The molecule has 1 aliphatic rings. The topological polar surface area (TPSA) is 29.5 Å². The summed E-state index contributed by atoms with van der Waals surface area (Å²) in [6.07, 6.45) is 1.27.